The molecule has 2 aromatic rings. The molecular weight excluding hydrogens is 334 g/mol. The van der Waals surface area contributed by atoms with Crippen LogP contribution in [0.4, 0.5) is 11.4 Å². The Morgan fingerprint density at radius 3 is 2.33 bits per heavy atom. The maximum atomic E-state index is 12.7. The van der Waals surface area contributed by atoms with Crippen LogP contribution in [-0.4, -0.2) is 43.0 Å². The van der Waals surface area contributed by atoms with Gasteiger partial charge >= 0.3 is 0 Å². The molecule has 27 heavy (non-hydrogen) atoms. The summed E-state index contributed by atoms with van der Waals surface area (Å²) in [6.45, 7) is 14.2. The summed E-state index contributed by atoms with van der Waals surface area (Å²) in [7, 11) is 0. The fourth-order valence-corrected chi connectivity index (χ4v) is 3.79. The first kappa shape index (κ1) is 19.4. The molecule has 0 bridgehead atoms. The Kier molecular flexibility index (Phi) is 5.85. The third kappa shape index (κ3) is 4.33. The van der Waals surface area contributed by atoms with E-state index >= 15 is 0 Å². The van der Waals surface area contributed by atoms with Crippen molar-refractivity contribution in [3.05, 3.63) is 58.7 Å². The molecule has 1 N–H and O–H groups in total. The fourth-order valence-electron chi connectivity index (χ4n) is 3.79. The summed E-state index contributed by atoms with van der Waals surface area (Å²) in [6, 6.07) is 12.5. The summed E-state index contributed by atoms with van der Waals surface area (Å²) >= 11 is 0. The molecule has 2 aromatic carbocycles. The average molecular weight is 366 g/mol. The van der Waals surface area contributed by atoms with Crippen LogP contribution in [-0.2, 0) is 4.79 Å². The second kappa shape index (κ2) is 8.13. The highest BCUT2D eigenvalue weighted by Gasteiger charge is 2.26. The van der Waals surface area contributed by atoms with E-state index in [1.807, 2.05) is 26.0 Å². The Morgan fingerprint density at radius 2 is 1.67 bits per heavy atom. The van der Waals surface area contributed by atoms with Crippen molar-refractivity contribution in [2.75, 3.05) is 36.4 Å². The van der Waals surface area contributed by atoms with Crippen LogP contribution in [0.25, 0.3) is 0 Å². The number of carbonyl (C=O) groups is 1. The van der Waals surface area contributed by atoms with Gasteiger partial charge in [0.25, 0.3) is 0 Å². The number of piperazine rings is 1. The van der Waals surface area contributed by atoms with Crippen LogP contribution in [0.1, 0.15) is 29.2 Å². The maximum absolute atomic E-state index is 12.7. The topological polar surface area (TPSA) is 35.6 Å². The number of aryl methyl sites for hydroxylation is 3. The van der Waals surface area contributed by atoms with E-state index in [2.05, 4.69) is 60.2 Å². The van der Waals surface area contributed by atoms with Gasteiger partial charge in [-0.3, -0.25) is 9.69 Å². The van der Waals surface area contributed by atoms with Crippen molar-refractivity contribution in [3.63, 3.8) is 0 Å². The Bertz CT molecular complexity index is 822. The van der Waals surface area contributed by atoms with Crippen LogP contribution in [0.3, 0.4) is 0 Å². The van der Waals surface area contributed by atoms with Crippen LogP contribution in [0, 0.1) is 27.7 Å². The molecule has 0 saturated carbocycles. The van der Waals surface area contributed by atoms with Crippen molar-refractivity contribution in [2.45, 2.75) is 40.7 Å². The molecule has 4 heteroatoms. The van der Waals surface area contributed by atoms with Crippen molar-refractivity contribution in [3.8, 4) is 0 Å². The third-order valence-electron chi connectivity index (χ3n) is 5.80. The first-order valence-electron chi connectivity index (χ1n) is 9.80. The minimum atomic E-state index is -0.133. The van der Waals surface area contributed by atoms with Gasteiger partial charge in [-0.15, -0.1) is 0 Å². The van der Waals surface area contributed by atoms with Gasteiger partial charge in [0.15, 0.2) is 0 Å². The Morgan fingerprint density at radius 1 is 0.963 bits per heavy atom. The number of rotatable bonds is 4. The van der Waals surface area contributed by atoms with E-state index in [0.717, 1.165) is 37.4 Å². The average Bonchev–Trinajstić information content (AvgIpc) is 2.66. The van der Waals surface area contributed by atoms with Crippen LogP contribution in [0.15, 0.2) is 36.4 Å². The molecule has 3 rings (SSSR count). The van der Waals surface area contributed by atoms with Crippen LogP contribution < -0.4 is 10.2 Å². The zero-order chi connectivity index (χ0) is 19.6. The molecular formula is C23H31N3O. The van der Waals surface area contributed by atoms with Crippen molar-refractivity contribution in [2.24, 2.45) is 0 Å². The molecule has 0 aliphatic carbocycles. The normalized spacial score (nSPS) is 16.3. The molecule has 4 nitrogen and oxygen atoms in total. The van der Waals surface area contributed by atoms with Crippen molar-refractivity contribution >= 4 is 17.3 Å². The molecule has 1 aliphatic rings. The lowest BCUT2D eigenvalue weighted by atomic mass is 10.1. The van der Waals surface area contributed by atoms with Gasteiger partial charge in [-0.2, -0.15) is 0 Å². The van der Waals surface area contributed by atoms with Gasteiger partial charge in [0, 0.05) is 37.6 Å². The molecule has 0 radical (unpaired) electrons. The van der Waals surface area contributed by atoms with E-state index < -0.39 is 0 Å². The SMILES string of the molecule is Cc1ccc(NC(=O)[C@H](C)N2CCN(c3cccc(C)c3C)CC2)c(C)c1. The van der Waals surface area contributed by atoms with E-state index in [1.54, 1.807) is 0 Å². The summed E-state index contributed by atoms with van der Waals surface area (Å²) in [6.07, 6.45) is 0. The van der Waals surface area contributed by atoms with E-state index in [9.17, 15) is 4.79 Å². The first-order chi connectivity index (χ1) is 12.9. The number of carbonyl (C=O) groups excluding carboxylic acids is 1. The van der Waals surface area contributed by atoms with Gasteiger partial charge in [0.2, 0.25) is 5.91 Å². The van der Waals surface area contributed by atoms with Gasteiger partial charge in [-0.1, -0.05) is 29.8 Å². The highest BCUT2D eigenvalue weighted by atomic mass is 16.2. The van der Waals surface area contributed by atoms with Gasteiger partial charge in [-0.25, -0.2) is 0 Å². The number of amides is 1. The number of benzene rings is 2. The van der Waals surface area contributed by atoms with Gasteiger partial charge < -0.3 is 10.2 Å². The van der Waals surface area contributed by atoms with E-state index in [-0.39, 0.29) is 11.9 Å². The molecule has 1 aliphatic heterocycles. The lowest BCUT2D eigenvalue weighted by Gasteiger charge is -2.39. The van der Waals surface area contributed by atoms with Crippen molar-refractivity contribution < 1.29 is 4.79 Å². The molecule has 0 unspecified atom stereocenters. The van der Waals surface area contributed by atoms with Crippen molar-refractivity contribution in [1.82, 2.24) is 4.90 Å². The second-order valence-corrected chi connectivity index (χ2v) is 7.73. The van der Waals surface area contributed by atoms with Crippen LogP contribution >= 0.6 is 0 Å². The van der Waals surface area contributed by atoms with E-state index in [1.165, 1.54) is 22.4 Å². The number of nitrogens with one attached hydrogen (secondary N) is 1. The standard InChI is InChI=1S/C23H31N3O/c1-16-9-10-21(18(3)15-16)24-23(27)20(5)25-11-13-26(14-12-25)22-8-6-7-17(2)19(22)4/h6-10,15,20H,11-14H2,1-5H3,(H,24,27)/t20-/m0/s1. The Balaban J connectivity index is 1.60. The number of nitrogens with zero attached hydrogens (tertiary/aromatic N) is 2. The van der Waals surface area contributed by atoms with Crippen LogP contribution in [0.5, 0.6) is 0 Å². The quantitative estimate of drug-likeness (QED) is 0.887. The molecule has 144 valence electrons. The molecule has 0 spiro atoms. The maximum Gasteiger partial charge on any atom is 0.241 e. The molecule has 1 fully saturated rings. The second-order valence-electron chi connectivity index (χ2n) is 7.73. The summed E-state index contributed by atoms with van der Waals surface area (Å²) in [5.74, 6) is 0.0714. The lowest BCUT2D eigenvalue weighted by Crippen LogP contribution is -2.53. The monoisotopic (exact) mass is 365 g/mol. The Hall–Kier alpha value is -2.33. The highest BCUT2D eigenvalue weighted by molar-refractivity contribution is 5.95. The minimum Gasteiger partial charge on any atom is -0.369 e. The largest absolute Gasteiger partial charge is 0.369 e. The zero-order valence-electron chi connectivity index (χ0n) is 17.2. The summed E-state index contributed by atoms with van der Waals surface area (Å²) < 4.78 is 0. The number of anilines is 2. The summed E-state index contributed by atoms with van der Waals surface area (Å²) in [4.78, 5) is 17.4. The van der Waals surface area contributed by atoms with E-state index in [4.69, 9.17) is 0 Å². The van der Waals surface area contributed by atoms with E-state index in [0.29, 0.717) is 0 Å². The van der Waals surface area contributed by atoms with Crippen LogP contribution in [0.2, 0.25) is 0 Å². The number of hydrogen-bond acceptors (Lipinski definition) is 3. The third-order valence-corrected chi connectivity index (χ3v) is 5.80. The summed E-state index contributed by atoms with van der Waals surface area (Å²) in [5, 5.41) is 3.10. The highest BCUT2D eigenvalue weighted by Crippen LogP contribution is 2.24. The molecule has 1 saturated heterocycles. The van der Waals surface area contributed by atoms with Gasteiger partial charge in [0.05, 0.1) is 6.04 Å². The zero-order valence-corrected chi connectivity index (χ0v) is 17.2. The lowest BCUT2D eigenvalue weighted by molar-refractivity contribution is -0.120. The smallest absolute Gasteiger partial charge is 0.241 e. The molecule has 1 heterocycles. The first-order valence-corrected chi connectivity index (χ1v) is 9.80. The fraction of sp³-hybridized carbons (Fsp3) is 0.435. The van der Waals surface area contributed by atoms with Crippen molar-refractivity contribution in [1.29, 1.82) is 0 Å². The van der Waals surface area contributed by atoms with Gasteiger partial charge in [-0.05, 0) is 63.4 Å². The summed E-state index contributed by atoms with van der Waals surface area (Å²) in [5.41, 5.74) is 7.23. The predicted molar refractivity (Wildman–Crippen MR) is 114 cm³/mol. The molecule has 0 aromatic heterocycles. The predicted octanol–water partition coefficient (Wildman–Crippen LogP) is 4.07. The molecule has 1 atom stereocenters. The van der Waals surface area contributed by atoms with Gasteiger partial charge in [0.1, 0.15) is 0 Å². The molecule has 1 amide bonds. The minimum absolute atomic E-state index is 0.0714. The number of hydrogen-bond donors (Lipinski definition) is 1. The Labute approximate surface area is 163 Å².